The van der Waals surface area contributed by atoms with Crippen LogP contribution in [0, 0.1) is 5.41 Å². The van der Waals surface area contributed by atoms with E-state index in [0.717, 1.165) is 29.0 Å². The molecule has 14 N–H and O–H groups in total. The number of ether oxygens (including phenoxy) is 1. The smallest absolute Gasteiger partial charge is 0.386 e. The SMILES string of the molecule is CN(CC(=O)SCCNC(=O)CCNC(=O)C(O)C(C)(C)COP(=O)(O)OP(=O)(O)OCC1OC(n2cnc3c(N)ncnc32)C(O)C1OP(=O)(O)O)C(N)N. The monoisotopic (exact) mass is 882 g/mol. The summed E-state index contributed by atoms with van der Waals surface area (Å²) in [4.78, 5) is 88.8. The lowest BCUT2D eigenvalue weighted by Gasteiger charge is -2.30. The van der Waals surface area contributed by atoms with E-state index in [9.17, 15) is 57.9 Å². The summed E-state index contributed by atoms with van der Waals surface area (Å²) in [7, 11) is -14.8. The Kier molecular flexibility index (Phi) is 17.0. The van der Waals surface area contributed by atoms with Crippen LogP contribution in [0.5, 0.6) is 0 Å². The van der Waals surface area contributed by atoms with Crippen molar-refractivity contribution in [3.05, 3.63) is 12.7 Å². The molecule has 7 unspecified atom stereocenters. The highest BCUT2D eigenvalue weighted by molar-refractivity contribution is 8.13. The van der Waals surface area contributed by atoms with E-state index < -0.39 is 90.8 Å². The van der Waals surface area contributed by atoms with Crippen molar-refractivity contribution in [2.24, 2.45) is 16.9 Å². The van der Waals surface area contributed by atoms with E-state index in [1.165, 1.54) is 18.7 Å². The fourth-order valence-electron chi connectivity index (χ4n) is 4.65. The average Bonchev–Trinajstić information content (AvgIpc) is 3.64. The Morgan fingerprint density at radius 1 is 1.07 bits per heavy atom. The molecule has 0 bridgehead atoms. The fraction of sp³-hybridized carbons (Fsp3) is 0.680. The molecule has 318 valence electrons. The van der Waals surface area contributed by atoms with Gasteiger partial charge in [-0.15, -0.1) is 0 Å². The molecule has 7 atom stereocenters. The molecular formula is C25H45N10O17P3S. The molecule has 27 nitrogen and oxygen atoms in total. The van der Waals surface area contributed by atoms with Gasteiger partial charge in [-0.3, -0.25) is 37.4 Å². The van der Waals surface area contributed by atoms with Crippen molar-refractivity contribution in [3.63, 3.8) is 0 Å². The predicted octanol–water partition coefficient (Wildman–Crippen LogP) is -3.20. The number of imidazole rings is 1. The summed E-state index contributed by atoms with van der Waals surface area (Å²) >= 11 is 0.963. The van der Waals surface area contributed by atoms with Crippen molar-refractivity contribution in [3.8, 4) is 0 Å². The minimum atomic E-state index is -5.58. The first-order chi connectivity index (χ1) is 25.8. The molecule has 0 aromatic carbocycles. The first-order valence-electron chi connectivity index (χ1n) is 16.1. The number of thioether (sulfide) groups is 1. The summed E-state index contributed by atoms with van der Waals surface area (Å²) in [5.41, 5.74) is 15.2. The maximum absolute atomic E-state index is 12.7. The number of anilines is 1. The average molecular weight is 883 g/mol. The molecule has 0 spiro atoms. The molecule has 2 aromatic heterocycles. The Bertz CT molecular complexity index is 1840. The van der Waals surface area contributed by atoms with Gasteiger partial charge in [0.25, 0.3) is 0 Å². The van der Waals surface area contributed by atoms with Crippen LogP contribution in [-0.4, -0.2) is 147 Å². The van der Waals surface area contributed by atoms with Gasteiger partial charge in [-0.2, -0.15) is 4.31 Å². The van der Waals surface area contributed by atoms with Gasteiger partial charge >= 0.3 is 23.5 Å². The number of amides is 2. The van der Waals surface area contributed by atoms with Crippen LogP contribution in [-0.2, 0) is 50.7 Å². The van der Waals surface area contributed by atoms with Gasteiger partial charge in [0.1, 0.15) is 42.5 Å². The Hall–Kier alpha value is -2.56. The number of rotatable bonds is 22. The predicted molar refractivity (Wildman–Crippen MR) is 192 cm³/mol. The lowest BCUT2D eigenvalue weighted by atomic mass is 9.87. The van der Waals surface area contributed by atoms with Crippen molar-refractivity contribution in [2.45, 2.75) is 57.2 Å². The number of phosphoric ester groups is 3. The van der Waals surface area contributed by atoms with Crippen LogP contribution < -0.4 is 27.8 Å². The Morgan fingerprint density at radius 3 is 2.38 bits per heavy atom. The number of nitrogens with two attached hydrogens (primary N) is 3. The summed E-state index contributed by atoms with van der Waals surface area (Å²) < 4.78 is 62.0. The molecule has 0 aliphatic carbocycles. The van der Waals surface area contributed by atoms with E-state index in [4.69, 9.17) is 31.0 Å². The maximum Gasteiger partial charge on any atom is 0.481 e. The van der Waals surface area contributed by atoms with E-state index in [1.54, 1.807) is 7.05 Å². The zero-order valence-corrected chi connectivity index (χ0v) is 33.5. The van der Waals surface area contributed by atoms with Crippen molar-refractivity contribution in [2.75, 3.05) is 51.4 Å². The number of nitrogens with one attached hydrogen (secondary N) is 2. The van der Waals surface area contributed by atoms with Crippen LogP contribution in [0.15, 0.2) is 12.7 Å². The number of nitrogen functional groups attached to an aromatic ring is 1. The number of phosphoric acid groups is 3. The molecular weight excluding hydrogens is 837 g/mol. The second-order valence-electron chi connectivity index (χ2n) is 12.7. The van der Waals surface area contributed by atoms with Gasteiger partial charge in [-0.25, -0.2) is 28.6 Å². The van der Waals surface area contributed by atoms with Crippen molar-refractivity contribution >= 4 is 69.1 Å². The summed E-state index contributed by atoms with van der Waals surface area (Å²) in [5.74, 6) is -1.25. The van der Waals surface area contributed by atoms with E-state index >= 15 is 0 Å². The summed E-state index contributed by atoms with van der Waals surface area (Å²) in [5, 5.41) is 26.1. The number of carbonyl (C=O) groups excluding carboxylic acids is 3. The normalized spacial score (nSPS) is 21.9. The topological polar surface area (TPSA) is 419 Å². The Balaban J connectivity index is 1.48. The van der Waals surface area contributed by atoms with Crippen molar-refractivity contribution in [1.29, 1.82) is 0 Å². The Morgan fingerprint density at radius 2 is 1.73 bits per heavy atom. The van der Waals surface area contributed by atoms with Gasteiger partial charge in [0.15, 0.2) is 17.7 Å². The maximum atomic E-state index is 12.7. The molecule has 2 amide bonds. The molecule has 56 heavy (non-hydrogen) atoms. The third-order valence-corrected chi connectivity index (χ3v) is 11.6. The van der Waals surface area contributed by atoms with E-state index in [-0.39, 0.29) is 53.9 Å². The molecule has 2 aromatic rings. The number of aromatic nitrogens is 4. The largest absolute Gasteiger partial charge is 0.481 e. The van der Waals surface area contributed by atoms with Gasteiger partial charge < -0.3 is 62.4 Å². The molecule has 0 saturated carbocycles. The summed E-state index contributed by atoms with van der Waals surface area (Å²) in [6.45, 7) is 0.369. The third-order valence-electron chi connectivity index (χ3n) is 7.65. The molecule has 1 fully saturated rings. The second-order valence-corrected chi connectivity index (χ2v) is 18.1. The molecule has 3 rings (SSSR count). The van der Waals surface area contributed by atoms with Crippen molar-refractivity contribution in [1.82, 2.24) is 35.1 Å². The minimum absolute atomic E-state index is 0.0121. The first kappa shape index (κ1) is 47.8. The molecule has 0 radical (unpaired) electrons. The van der Waals surface area contributed by atoms with Crippen molar-refractivity contribution < 1.29 is 80.5 Å². The van der Waals surface area contributed by atoms with Gasteiger partial charge in [0.2, 0.25) is 16.9 Å². The van der Waals surface area contributed by atoms with E-state index in [0.29, 0.717) is 0 Å². The van der Waals surface area contributed by atoms with Gasteiger partial charge in [0, 0.05) is 30.7 Å². The highest BCUT2D eigenvalue weighted by Crippen LogP contribution is 2.61. The number of hydrogen-bond donors (Lipinski definition) is 11. The first-order valence-corrected chi connectivity index (χ1v) is 21.6. The fourth-order valence-corrected chi connectivity index (χ4v) is 8.21. The zero-order valence-electron chi connectivity index (χ0n) is 30.0. The number of carbonyl (C=O) groups is 3. The highest BCUT2D eigenvalue weighted by Gasteiger charge is 2.50. The number of aliphatic hydroxyl groups is 2. The summed E-state index contributed by atoms with van der Waals surface area (Å²) in [6.07, 6.45) is -7.79. The standard InChI is InChI=1S/C25H45N10O17P3S/c1-25(2,19(39)22(40)30-5-4-14(36)29-6-7-56-15(37)8-34(3)24(27)28)10-49-55(46,47)52-54(44,45)48-9-13-18(51-53(41,42)43)17(38)23(50-13)35-12-33-16-20(26)31-11-32-21(16)35/h11-13,17-19,23-24,38-39H,4-10,27-28H2,1-3H3,(H,29,36)(H,30,40)(H,44,45)(H,46,47)(H2,26,31,32)(H2,41,42,43). The number of aliphatic hydroxyl groups excluding tert-OH is 2. The van der Waals surface area contributed by atoms with E-state index in [1.807, 2.05) is 0 Å². The van der Waals surface area contributed by atoms with Crippen LogP contribution in [0.4, 0.5) is 5.82 Å². The van der Waals surface area contributed by atoms with Crippen LogP contribution >= 0.6 is 35.2 Å². The number of hydrogen-bond acceptors (Lipinski definition) is 21. The molecule has 1 aliphatic rings. The lowest BCUT2D eigenvalue weighted by molar-refractivity contribution is -0.137. The van der Waals surface area contributed by atoms with E-state index in [2.05, 4.69) is 34.4 Å². The minimum Gasteiger partial charge on any atom is -0.386 e. The number of likely N-dealkylation sites (N-methyl/N-ethyl adjacent to an activating group) is 1. The van der Waals surface area contributed by atoms with Crippen LogP contribution in [0.2, 0.25) is 0 Å². The van der Waals surface area contributed by atoms with Gasteiger partial charge in [-0.1, -0.05) is 25.6 Å². The zero-order chi connectivity index (χ0) is 42.2. The second kappa shape index (κ2) is 19.9. The number of fused-ring (bicyclic) bond motifs is 1. The molecule has 1 aliphatic heterocycles. The number of nitrogens with zero attached hydrogens (tertiary/aromatic N) is 5. The van der Waals surface area contributed by atoms with Crippen LogP contribution in [0.25, 0.3) is 11.2 Å². The lowest BCUT2D eigenvalue weighted by Crippen LogP contribution is -2.48. The quantitative estimate of drug-likeness (QED) is 0.0315. The van der Waals surface area contributed by atoms with Crippen LogP contribution in [0.1, 0.15) is 26.5 Å². The molecule has 3 heterocycles. The van der Waals surface area contributed by atoms with Gasteiger partial charge in [0.05, 0.1) is 26.1 Å². The van der Waals surface area contributed by atoms with Gasteiger partial charge in [-0.05, 0) is 7.05 Å². The summed E-state index contributed by atoms with van der Waals surface area (Å²) in [6, 6.07) is 0. The Labute approximate surface area is 322 Å². The molecule has 31 heteroatoms. The molecule has 1 saturated heterocycles. The van der Waals surface area contributed by atoms with Crippen LogP contribution in [0.3, 0.4) is 0 Å². The highest BCUT2D eigenvalue weighted by atomic mass is 32.2. The third kappa shape index (κ3) is 14.4.